The number of anilines is 1. The third kappa shape index (κ3) is 2.70. The Balaban J connectivity index is 2.16. The van der Waals surface area contributed by atoms with Crippen molar-refractivity contribution in [3.05, 3.63) is 36.3 Å². The fourth-order valence-electron chi connectivity index (χ4n) is 1.15. The van der Waals surface area contributed by atoms with E-state index in [0.29, 0.717) is 0 Å². The van der Waals surface area contributed by atoms with Gasteiger partial charge in [0.05, 0.1) is 0 Å². The van der Waals surface area contributed by atoms with Crippen LogP contribution in [0, 0.1) is 6.92 Å². The fourth-order valence-corrected chi connectivity index (χ4v) is 1.87. The second-order valence-corrected chi connectivity index (χ2v) is 4.31. The van der Waals surface area contributed by atoms with Crippen molar-refractivity contribution in [2.24, 2.45) is 0 Å². The molecular weight excluding hydrogens is 220 g/mol. The summed E-state index contributed by atoms with van der Waals surface area (Å²) < 4.78 is 0. The van der Waals surface area contributed by atoms with E-state index in [4.69, 9.17) is 0 Å². The maximum absolute atomic E-state index is 4.24. The molecule has 0 aromatic carbocycles. The molecule has 16 heavy (non-hydrogen) atoms. The van der Waals surface area contributed by atoms with Crippen LogP contribution in [0.15, 0.2) is 40.8 Å². The number of aromatic nitrogens is 3. The van der Waals surface area contributed by atoms with Gasteiger partial charge in [-0.1, -0.05) is 0 Å². The lowest BCUT2D eigenvalue weighted by atomic mass is 10.4. The molecule has 0 aliphatic heterocycles. The molecule has 0 spiro atoms. The Morgan fingerprint density at radius 2 is 1.94 bits per heavy atom. The molecule has 1 N–H and O–H groups in total. The van der Waals surface area contributed by atoms with E-state index in [1.807, 2.05) is 38.5 Å². The molecule has 0 unspecified atom stereocenters. The average Bonchev–Trinajstić information content (AvgIpc) is 2.32. The maximum Gasteiger partial charge on any atom is 0.192 e. The summed E-state index contributed by atoms with van der Waals surface area (Å²) in [6.07, 6.45) is 5.40. The van der Waals surface area contributed by atoms with Crippen molar-refractivity contribution in [2.45, 2.75) is 17.0 Å². The monoisotopic (exact) mass is 232 g/mol. The van der Waals surface area contributed by atoms with Crippen LogP contribution in [0.1, 0.15) is 5.56 Å². The van der Waals surface area contributed by atoms with Crippen LogP contribution in [0.4, 0.5) is 5.82 Å². The molecule has 2 heterocycles. The first kappa shape index (κ1) is 10.9. The SMILES string of the molecule is CNc1cc(Sc2ncc(C)cn2)ccn1. The van der Waals surface area contributed by atoms with Crippen molar-refractivity contribution in [3.63, 3.8) is 0 Å². The van der Waals surface area contributed by atoms with Gasteiger partial charge in [0, 0.05) is 30.5 Å². The van der Waals surface area contributed by atoms with Crippen molar-refractivity contribution >= 4 is 17.6 Å². The highest BCUT2D eigenvalue weighted by Gasteiger charge is 2.01. The fraction of sp³-hybridized carbons (Fsp3) is 0.182. The highest BCUT2D eigenvalue weighted by molar-refractivity contribution is 7.99. The number of rotatable bonds is 3. The Kier molecular flexibility index (Phi) is 3.36. The minimum atomic E-state index is 0.749. The lowest BCUT2D eigenvalue weighted by Gasteiger charge is -2.02. The topological polar surface area (TPSA) is 50.7 Å². The van der Waals surface area contributed by atoms with Crippen molar-refractivity contribution < 1.29 is 0 Å². The number of aryl methyl sites for hydroxylation is 1. The Labute approximate surface area is 98.6 Å². The summed E-state index contributed by atoms with van der Waals surface area (Å²) in [7, 11) is 1.85. The molecule has 2 aromatic heterocycles. The van der Waals surface area contributed by atoms with E-state index in [9.17, 15) is 0 Å². The van der Waals surface area contributed by atoms with Gasteiger partial charge < -0.3 is 5.32 Å². The molecule has 0 radical (unpaired) electrons. The number of hydrogen-bond donors (Lipinski definition) is 1. The third-order valence-corrected chi connectivity index (χ3v) is 2.84. The predicted molar refractivity (Wildman–Crippen MR) is 64.7 cm³/mol. The number of pyridine rings is 1. The quantitative estimate of drug-likeness (QED) is 0.823. The van der Waals surface area contributed by atoms with Crippen molar-refractivity contribution in [2.75, 3.05) is 12.4 Å². The zero-order chi connectivity index (χ0) is 11.4. The van der Waals surface area contributed by atoms with E-state index >= 15 is 0 Å². The van der Waals surface area contributed by atoms with Crippen molar-refractivity contribution in [3.8, 4) is 0 Å². The van der Waals surface area contributed by atoms with Gasteiger partial charge in [0.1, 0.15) is 5.82 Å². The van der Waals surface area contributed by atoms with Crippen molar-refractivity contribution in [1.29, 1.82) is 0 Å². The molecule has 2 aromatic rings. The van der Waals surface area contributed by atoms with Gasteiger partial charge in [-0.05, 0) is 36.4 Å². The zero-order valence-corrected chi connectivity index (χ0v) is 9.95. The first-order valence-corrected chi connectivity index (χ1v) is 5.70. The molecule has 0 atom stereocenters. The first-order chi connectivity index (χ1) is 7.78. The van der Waals surface area contributed by atoms with Gasteiger partial charge in [-0.25, -0.2) is 15.0 Å². The minimum Gasteiger partial charge on any atom is -0.373 e. The Hall–Kier alpha value is -1.62. The Bertz CT molecular complexity index is 470. The minimum absolute atomic E-state index is 0.749. The highest BCUT2D eigenvalue weighted by Crippen LogP contribution is 2.25. The summed E-state index contributed by atoms with van der Waals surface area (Å²) >= 11 is 1.52. The maximum atomic E-state index is 4.24. The molecule has 0 aliphatic rings. The van der Waals surface area contributed by atoms with Crippen LogP contribution in [-0.4, -0.2) is 22.0 Å². The van der Waals surface area contributed by atoms with E-state index in [0.717, 1.165) is 21.4 Å². The molecule has 0 aliphatic carbocycles. The zero-order valence-electron chi connectivity index (χ0n) is 9.14. The van der Waals surface area contributed by atoms with Gasteiger partial charge in [0.15, 0.2) is 5.16 Å². The standard InChI is InChI=1S/C11H12N4S/c1-8-6-14-11(15-7-8)16-9-3-4-13-10(5-9)12-2/h3-7H,1-2H3,(H,12,13). The number of nitrogens with zero attached hydrogens (tertiary/aromatic N) is 3. The number of hydrogen-bond acceptors (Lipinski definition) is 5. The van der Waals surface area contributed by atoms with Gasteiger partial charge in [-0.2, -0.15) is 0 Å². The molecule has 0 saturated carbocycles. The molecule has 82 valence electrons. The second-order valence-electron chi connectivity index (χ2n) is 3.27. The van der Waals surface area contributed by atoms with Crippen LogP contribution in [0.3, 0.4) is 0 Å². The number of nitrogens with one attached hydrogen (secondary N) is 1. The van der Waals surface area contributed by atoms with Gasteiger partial charge in [-0.15, -0.1) is 0 Å². The van der Waals surface area contributed by atoms with Crippen LogP contribution < -0.4 is 5.32 Å². The molecule has 2 rings (SSSR count). The summed E-state index contributed by atoms with van der Waals surface area (Å²) in [5, 5.41) is 3.75. The lowest BCUT2D eigenvalue weighted by molar-refractivity contribution is 0.950. The Morgan fingerprint density at radius 3 is 2.62 bits per heavy atom. The first-order valence-electron chi connectivity index (χ1n) is 4.88. The van der Waals surface area contributed by atoms with Crippen LogP contribution >= 0.6 is 11.8 Å². The van der Waals surface area contributed by atoms with Crippen LogP contribution in [-0.2, 0) is 0 Å². The lowest BCUT2D eigenvalue weighted by Crippen LogP contribution is -1.91. The van der Waals surface area contributed by atoms with Crippen molar-refractivity contribution in [1.82, 2.24) is 15.0 Å². The molecule has 0 amide bonds. The molecule has 0 saturated heterocycles. The second kappa shape index (κ2) is 4.94. The van der Waals surface area contributed by atoms with Crippen LogP contribution in [0.25, 0.3) is 0 Å². The van der Waals surface area contributed by atoms with Crippen LogP contribution in [0.5, 0.6) is 0 Å². The summed E-state index contributed by atoms with van der Waals surface area (Å²) in [5.41, 5.74) is 1.06. The van der Waals surface area contributed by atoms with Gasteiger partial charge >= 0.3 is 0 Å². The predicted octanol–water partition coefficient (Wildman–Crippen LogP) is 2.37. The van der Waals surface area contributed by atoms with E-state index in [2.05, 4.69) is 20.3 Å². The summed E-state index contributed by atoms with van der Waals surface area (Å²) in [6.45, 7) is 1.97. The molecule has 5 heteroatoms. The molecular formula is C11H12N4S. The largest absolute Gasteiger partial charge is 0.373 e. The Morgan fingerprint density at radius 1 is 1.19 bits per heavy atom. The molecule has 4 nitrogen and oxygen atoms in total. The van der Waals surface area contributed by atoms with E-state index in [1.165, 1.54) is 11.8 Å². The third-order valence-electron chi connectivity index (χ3n) is 1.95. The van der Waals surface area contributed by atoms with Gasteiger partial charge in [0.25, 0.3) is 0 Å². The van der Waals surface area contributed by atoms with E-state index < -0.39 is 0 Å². The van der Waals surface area contributed by atoms with Gasteiger partial charge in [-0.3, -0.25) is 0 Å². The van der Waals surface area contributed by atoms with E-state index in [1.54, 1.807) is 6.20 Å². The van der Waals surface area contributed by atoms with Gasteiger partial charge in [0.2, 0.25) is 0 Å². The highest BCUT2D eigenvalue weighted by atomic mass is 32.2. The molecule has 0 bridgehead atoms. The summed E-state index contributed by atoms with van der Waals surface area (Å²) in [5.74, 6) is 0.845. The summed E-state index contributed by atoms with van der Waals surface area (Å²) in [6, 6.07) is 3.91. The molecule has 0 fully saturated rings. The normalized spacial score (nSPS) is 10.1. The smallest absolute Gasteiger partial charge is 0.192 e. The average molecular weight is 232 g/mol. The summed E-state index contributed by atoms with van der Waals surface area (Å²) in [4.78, 5) is 13.7. The van der Waals surface area contributed by atoms with E-state index in [-0.39, 0.29) is 0 Å². The van der Waals surface area contributed by atoms with Crippen LogP contribution in [0.2, 0.25) is 0 Å².